The van der Waals surface area contributed by atoms with Crippen LogP contribution in [0, 0.1) is 0 Å². The van der Waals surface area contributed by atoms with Gasteiger partial charge in [0.2, 0.25) is 0 Å². The van der Waals surface area contributed by atoms with Crippen LogP contribution in [0.4, 0.5) is 0 Å². The molecule has 3 unspecified atom stereocenters. The number of aliphatic hydroxyl groups is 1. The van der Waals surface area contributed by atoms with E-state index in [-0.39, 0.29) is 12.2 Å². The van der Waals surface area contributed by atoms with Gasteiger partial charge in [-0.05, 0) is 37.5 Å². The first-order valence-electron chi connectivity index (χ1n) is 6.47. The summed E-state index contributed by atoms with van der Waals surface area (Å²) in [5.41, 5.74) is 0.832. The van der Waals surface area contributed by atoms with Gasteiger partial charge >= 0.3 is 0 Å². The van der Waals surface area contributed by atoms with Crippen molar-refractivity contribution >= 4 is 0 Å². The van der Waals surface area contributed by atoms with Gasteiger partial charge in [0, 0.05) is 0 Å². The summed E-state index contributed by atoms with van der Waals surface area (Å²) in [4.78, 5) is 0. The van der Waals surface area contributed by atoms with Gasteiger partial charge in [-0.3, -0.25) is 0 Å². The van der Waals surface area contributed by atoms with E-state index in [0.29, 0.717) is 19.0 Å². The molecule has 4 heteroatoms. The van der Waals surface area contributed by atoms with E-state index in [9.17, 15) is 5.11 Å². The summed E-state index contributed by atoms with van der Waals surface area (Å²) in [5, 5.41) is 10.3. The maximum absolute atomic E-state index is 10.3. The maximum Gasteiger partial charge on any atom is 0.161 e. The molecule has 18 heavy (non-hydrogen) atoms. The summed E-state index contributed by atoms with van der Waals surface area (Å²) < 4.78 is 16.7. The van der Waals surface area contributed by atoms with E-state index in [1.165, 1.54) is 0 Å². The predicted molar refractivity (Wildman–Crippen MR) is 66.0 cm³/mol. The highest BCUT2D eigenvalue weighted by Gasteiger charge is 2.30. The molecule has 4 nitrogen and oxygen atoms in total. The van der Waals surface area contributed by atoms with Gasteiger partial charge in [0.15, 0.2) is 11.5 Å². The van der Waals surface area contributed by atoms with Gasteiger partial charge in [-0.15, -0.1) is 0 Å². The van der Waals surface area contributed by atoms with E-state index in [1.807, 2.05) is 25.1 Å². The molecule has 0 aromatic heterocycles. The lowest BCUT2D eigenvalue weighted by molar-refractivity contribution is -0.0298. The van der Waals surface area contributed by atoms with Gasteiger partial charge < -0.3 is 19.3 Å². The first kappa shape index (κ1) is 11.8. The highest BCUT2D eigenvalue weighted by atomic mass is 16.6. The molecular weight excluding hydrogens is 232 g/mol. The molecule has 2 aliphatic heterocycles. The lowest BCUT2D eigenvalue weighted by atomic mass is 10.0. The Bertz CT molecular complexity index is 432. The zero-order valence-electron chi connectivity index (χ0n) is 10.5. The molecule has 1 aromatic carbocycles. The molecule has 3 rings (SSSR count). The fourth-order valence-corrected chi connectivity index (χ4v) is 2.52. The molecular formula is C14H18O4. The van der Waals surface area contributed by atoms with E-state index < -0.39 is 6.10 Å². The number of benzene rings is 1. The van der Waals surface area contributed by atoms with Crippen molar-refractivity contribution in [3.05, 3.63) is 23.8 Å². The molecule has 0 saturated carbocycles. The quantitative estimate of drug-likeness (QED) is 0.872. The molecule has 0 amide bonds. The Morgan fingerprint density at radius 3 is 2.67 bits per heavy atom. The second-order valence-corrected chi connectivity index (χ2v) is 4.91. The van der Waals surface area contributed by atoms with Crippen LogP contribution in [-0.2, 0) is 4.74 Å². The second kappa shape index (κ2) is 4.78. The van der Waals surface area contributed by atoms with Crippen LogP contribution in [0.25, 0.3) is 0 Å². The molecule has 0 spiro atoms. The van der Waals surface area contributed by atoms with Gasteiger partial charge in [-0.25, -0.2) is 0 Å². The summed E-state index contributed by atoms with van der Waals surface area (Å²) in [7, 11) is 0. The van der Waals surface area contributed by atoms with Crippen LogP contribution in [0.3, 0.4) is 0 Å². The van der Waals surface area contributed by atoms with Gasteiger partial charge in [-0.1, -0.05) is 6.07 Å². The van der Waals surface area contributed by atoms with Crippen molar-refractivity contribution in [2.24, 2.45) is 0 Å². The van der Waals surface area contributed by atoms with Crippen molar-refractivity contribution in [1.29, 1.82) is 0 Å². The predicted octanol–water partition coefficient (Wildman–Crippen LogP) is 2.06. The molecule has 2 aliphatic rings. The molecule has 1 aromatic rings. The van der Waals surface area contributed by atoms with Gasteiger partial charge in [-0.2, -0.15) is 0 Å². The normalized spacial score (nSPS) is 28.1. The molecule has 0 bridgehead atoms. The Hall–Kier alpha value is -1.26. The van der Waals surface area contributed by atoms with Crippen LogP contribution < -0.4 is 9.47 Å². The third-order valence-electron chi connectivity index (χ3n) is 3.52. The number of aliphatic hydroxyl groups excluding tert-OH is 1. The Labute approximate surface area is 106 Å². The third kappa shape index (κ3) is 2.18. The molecule has 98 valence electrons. The second-order valence-electron chi connectivity index (χ2n) is 4.91. The molecule has 3 atom stereocenters. The van der Waals surface area contributed by atoms with E-state index in [0.717, 1.165) is 24.2 Å². The van der Waals surface area contributed by atoms with Crippen molar-refractivity contribution in [3.8, 4) is 11.5 Å². The van der Waals surface area contributed by atoms with Crippen LogP contribution in [-0.4, -0.2) is 30.5 Å². The zero-order valence-corrected chi connectivity index (χ0v) is 10.5. The summed E-state index contributed by atoms with van der Waals surface area (Å²) in [6, 6.07) is 5.58. The summed E-state index contributed by atoms with van der Waals surface area (Å²) in [5.74, 6) is 1.46. The fraction of sp³-hybridized carbons (Fsp3) is 0.571. The molecule has 0 radical (unpaired) electrons. The topological polar surface area (TPSA) is 47.9 Å². The third-order valence-corrected chi connectivity index (χ3v) is 3.52. The molecule has 0 aliphatic carbocycles. The largest absolute Gasteiger partial charge is 0.486 e. The number of rotatable bonds is 2. The number of fused-ring (bicyclic) bond motifs is 1. The van der Waals surface area contributed by atoms with Crippen LogP contribution in [0.5, 0.6) is 11.5 Å². The van der Waals surface area contributed by atoms with E-state index in [4.69, 9.17) is 14.2 Å². The van der Waals surface area contributed by atoms with Gasteiger partial charge in [0.25, 0.3) is 0 Å². The smallest absolute Gasteiger partial charge is 0.161 e. The van der Waals surface area contributed by atoms with Crippen LogP contribution in [0.15, 0.2) is 18.2 Å². The van der Waals surface area contributed by atoms with Gasteiger partial charge in [0.05, 0.1) is 12.2 Å². The fourth-order valence-electron chi connectivity index (χ4n) is 2.52. The van der Waals surface area contributed by atoms with Crippen molar-refractivity contribution in [2.45, 2.75) is 38.1 Å². The molecule has 2 heterocycles. The summed E-state index contributed by atoms with van der Waals surface area (Å²) in [6.45, 7) is 3.18. The van der Waals surface area contributed by atoms with Crippen molar-refractivity contribution < 1.29 is 19.3 Å². The number of hydrogen-bond donors (Lipinski definition) is 1. The average molecular weight is 250 g/mol. The Balaban J connectivity index is 1.79. The molecule has 1 N–H and O–H groups in total. The lowest BCUT2D eigenvalue weighted by Gasteiger charge is -2.22. The SMILES string of the molecule is CC1CCC(C(O)c2ccc3c(c2)OCCO3)O1. The summed E-state index contributed by atoms with van der Waals surface area (Å²) in [6.07, 6.45) is 1.44. The monoisotopic (exact) mass is 250 g/mol. The Morgan fingerprint density at radius 2 is 1.94 bits per heavy atom. The first-order chi connectivity index (χ1) is 8.74. The van der Waals surface area contributed by atoms with Gasteiger partial charge in [0.1, 0.15) is 19.3 Å². The van der Waals surface area contributed by atoms with E-state index in [1.54, 1.807) is 0 Å². The minimum Gasteiger partial charge on any atom is -0.486 e. The Kier molecular flexibility index (Phi) is 3.14. The molecule has 1 saturated heterocycles. The Morgan fingerprint density at radius 1 is 1.17 bits per heavy atom. The average Bonchev–Trinajstić information content (AvgIpc) is 2.84. The highest BCUT2D eigenvalue weighted by Crippen LogP contribution is 2.36. The van der Waals surface area contributed by atoms with E-state index >= 15 is 0 Å². The minimum atomic E-state index is -0.592. The first-order valence-corrected chi connectivity index (χ1v) is 6.47. The lowest BCUT2D eigenvalue weighted by Crippen LogP contribution is -2.20. The number of hydrogen-bond acceptors (Lipinski definition) is 4. The summed E-state index contributed by atoms with van der Waals surface area (Å²) >= 11 is 0. The van der Waals surface area contributed by atoms with Crippen LogP contribution in [0.2, 0.25) is 0 Å². The standard InChI is InChI=1S/C14H18O4/c1-9-2-4-12(18-9)14(15)10-3-5-11-13(8-10)17-7-6-16-11/h3,5,8-9,12,14-15H,2,4,6-7H2,1H3. The minimum absolute atomic E-state index is 0.109. The van der Waals surface area contributed by atoms with Crippen LogP contribution in [0.1, 0.15) is 31.4 Å². The highest BCUT2D eigenvalue weighted by molar-refractivity contribution is 5.44. The maximum atomic E-state index is 10.3. The van der Waals surface area contributed by atoms with Crippen molar-refractivity contribution in [1.82, 2.24) is 0 Å². The van der Waals surface area contributed by atoms with Crippen molar-refractivity contribution in [2.75, 3.05) is 13.2 Å². The zero-order chi connectivity index (χ0) is 12.5. The van der Waals surface area contributed by atoms with Crippen LogP contribution >= 0.6 is 0 Å². The van der Waals surface area contributed by atoms with Crippen molar-refractivity contribution in [3.63, 3.8) is 0 Å². The molecule has 1 fully saturated rings. The van der Waals surface area contributed by atoms with E-state index in [2.05, 4.69) is 0 Å². The number of ether oxygens (including phenoxy) is 3.